The lowest BCUT2D eigenvalue weighted by molar-refractivity contribution is -0.141. The summed E-state index contributed by atoms with van der Waals surface area (Å²) in [6, 6.07) is 0. The number of carbonyl (C=O) groups excluding carboxylic acids is 1. The molecule has 0 fully saturated rings. The Bertz CT molecular complexity index is 291. The number of nitrogens with one attached hydrogen (secondary N) is 1. The van der Waals surface area contributed by atoms with E-state index in [9.17, 15) is 18.0 Å². The van der Waals surface area contributed by atoms with Gasteiger partial charge >= 0.3 is 6.18 Å². The van der Waals surface area contributed by atoms with Gasteiger partial charge in [-0.1, -0.05) is 19.0 Å². The van der Waals surface area contributed by atoms with Crippen molar-refractivity contribution >= 4 is 11.7 Å². The van der Waals surface area contributed by atoms with E-state index in [-0.39, 0.29) is 5.84 Å². The van der Waals surface area contributed by atoms with E-state index in [0.29, 0.717) is 12.3 Å². The van der Waals surface area contributed by atoms with Crippen molar-refractivity contribution in [3.05, 3.63) is 0 Å². The molecule has 106 valence electrons. The van der Waals surface area contributed by atoms with Crippen LogP contribution in [0.5, 0.6) is 0 Å². The number of halogens is 3. The number of carbonyl (C=O) groups is 1. The molecule has 0 spiro atoms. The minimum Gasteiger partial charge on any atom is -0.384 e. The predicted molar refractivity (Wildman–Crippen MR) is 60.7 cm³/mol. The van der Waals surface area contributed by atoms with Crippen LogP contribution in [0.2, 0.25) is 0 Å². The number of nitrogens with two attached hydrogens (primary N) is 1. The average molecular weight is 269 g/mol. The Morgan fingerprint density at radius 1 is 1.44 bits per heavy atom. The molecule has 0 heterocycles. The second-order valence-electron chi connectivity index (χ2n) is 4.18. The van der Waals surface area contributed by atoms with Gasteiger partial charge in [-0.05, 0) is 12.3 Å². The molecule has 0 radical (unpaired) electrons. The SMILES string of the molecule is CC(C)CC/C(N)=N/OCC(=O)NCC(F)(F)F. The molecule has 0 saturated heterocycles. The molecule has 0 aliphatic carbocycles. The standard InChI is InChI=1S/C10H18F3N3O2/c1-7(2)3-4-8(14)16-18-5-9(17)15-6-10(11,12)13/h7H,3-6H2,1-2H3,(H2,14,16)(H,15,17). The number of oxime groups is 1. The maximum atomic E-state index is 11.7. The fourth-order valence-corrected chi connectivity index (χ4v) is 0.906. The van der Waals surface area contributed by atoms with E-state index in [2.05, 4.69) is 9.99 Å². The summed E-state index contributed by atoms with van der Waals surface area (Å²) in [6.45, 7) is 2.05. The molecular formula is C10H18F3N3O2. The van der Waals surface area contributed by atoms with Gasteiger partial charge in [0.25, 0.3) is 5.91 Å². The Morgan fingerprint density at radius 3 is 2.56 bits per heavy atom. The maximum absolute atomic E-state index is 11.7. The summed E-state index contributed by atoms with van der Waals surface area (Å²) >= 11 is 0. The molecule has 0 unspecified atom stereocenters. The first-order valence-corrected chi connectivity index (χ1v) is 5.48. The Hall–Kier alpha value is -1.47. The van der Waals surface area contributed by atoms with Crippen LogP contribution in [0.15, 0.2) is 5.16 Å². The topological polar surface area (TPSA) is 76.7 Å². The van der Waals surface area contributed by atoms with Crippen molar-refractivity contribution in [2.24, 2.45) is 16.8 Å². The van der Waals surface area contributed by atoms with Crippen molar-refractivity contribution in [3.63, 3.8) is 0 Å². The van der Waals surface area contributed by atoms with Gasteiger partial charge in [-0.2, -0.15) is 13.2 Å². The summed E-state index contributed by atoms with van der Waals surface area (Å²) in [7, 11) is 0. The van der Waals surface area contributed by atoms with Crippen LogP contribution in [0.1, 0.15) is 26.7 Å². The molecule has 0 rings (SSSR count). The van der Waals surface area contributed by atoms with Crippen molar-refractivity contribution in [3.8, 4) is 0 Å². The third kappa shape index (κ3) is 11.0. The first-order chi connectivity index (χ1) is 8.20. The van der Waals surface area contributed by atoms with Crippen molar-refractivity contribution in [1.29, 1.82) is 0 Å². The third-order valence-electron chi connectivity index (χ3n) is 1.84. The van der Waals surface area contributed by atoms with Gasteiger partial charge in [0, 0.05) is 6.42 Å². The molecule has 0 atom stereocenters. The fraction of sp³-hybridized carbons (Fsp3) is 0.800. The van der Waals surface area contributed by atoms with Crippen molar-refractivity contribution < 1.29 is 22.8 Å². The van der Waals surface area contributed by atoms with E-state index >= 15 is 0 Å². The molecule has 0 aromatic rings. The number of amidine groups is 1. The van der Waals surface area contributed by atoms with Crippen LogP contribution in [-0.2, 0) is 9.63 Å². The maximum Gasteiger partial charge on any atom is 0.405 e. The summed E-state index contributed by atoms with van der Waals surface area (Å²) < 4.78 is 35.2. The molecule has 1 amide bonds. The van der Waals surface area contributed by atoms with Gasteiger partial charge in [0.2, 0.25) is 0 Å². The molecule has 0 saturated carbocycles. The Balaban J connectivity index is 3.76. The second-order valence-corrected chi connectivity index (χ2v) is 4.18. The lowest BCUT2D eigenvalue weighted by Gasteiger charge is -2.07. The minimum atomic E-state index is -4.44. The van der Waals surface area contributed by atoms with Crippen LogP contribution in [0.4, 0.5) is 13.2 Å². The van der Waals surface area contributed by atoms with Crippen LogP contribution in [-0.4, -0.2) is 31.1 Å². The summed E-state index contributed by atoms with van der Waals surface area (Å²) in [5, 5.41) is 5.08. The zero-order valence-electron chi connectivity index (χ0n) is 10.4. The molecular weight excluding hydrogens is 251 g/mol. The van der Waals surface area contributed by atoms with Gasteiger partial charge < -0.3 is 15.9 Å². The Labute approximate surface area is 104 Å². The number of nitrogens with zero attached hydrogens (tertiary/aromatic N) is 1. The molecule has 0 bridgehead atoms. The van der Waals surface area contributed by atoms with Crippen LogP contribution in [0, 0.1) is 5.92 Å². The third-order valence-corrected chi connectivity index (χ3v) is 1.84. The van der Waals surface area contributed by atoms with E-state index in [1.54, 1.807) is 5.32 Å². The number of hydrogen-bond donors (Lipinski definition) is 2. The molecule has 0 aromatic heterocycles. The van der Waals surface area contributed by atoms with Crippen molar-refractivity contribution in [2.45, 2.75) is 32.9 Å². The van der Waals surface area contributed by atoms with Crippen LogP contribution >= 0.6 is 0 Å². The molecule has 18 heavy (non-hydrogen) atoms. The Morgan fingerprint density at radius 2 is 2.06 bits per heavy atom. The lowest BCUT2D eigenvalue weighted by Crippen LogP contribution is -2.35. The van der Waals surface area contributed by atoms with Crippen LogP contribution < -0.4 is 11.1 Å². The van der Waals surface area contributed by atoms with Crippen molar-refractivity contribution in [1.82, 2.24) is 5.32 Å². The van der Waals surface area contributed by atoms with E-state index < -0.39 is 25.2 Å². The zero-order valence-corrected chi connectivity index (χ0v) is 10.4. The molecule has 0 aliphatic heterocycles. The fourth-order valence-electron chi connectivity index (χ4n) is 0.906. The van der Waals surface area contributed by atoms with Crippen molar-refractivity contribution in [2.75, 3.05) is 13.2 Å². The zero-order chi connectivity index (χ0) is 14.2. The highest BCUT2D eigenvalue weighted by Crippen LogP contribution is 2.11. The summed E-state index contributed by atoms with van der Waals surface area (Å²) in [6.07, 6.45) is -3.10. The summed E-state index contributed by atoms with van der Waals surface area (Å²) in [5.74, 6) is -0.228. The number of alkyl halides is 3. The minimum absolute atomic E-state index is 0.215. The van der Waals surface area contributed by atoms with Gasteiger partial charge in [-0.25, -0.2) is 0 Å². The molecule has 0 aliphatic rings. The first kappa shape index (κ1) is 16.5. The molecule has 0 aromatic carbocycles. The number of hydrogen-bond acceptors (Lipinski definition) is 3. The van der Waals surface area contributed by atoms with E-state index in [4.69, 9.17) is 5.73 Å². The monoisotopic (exact) mass is 269 g/mol. The largest absolute Gasteiger partial charge is 0.405 e. The van der Waals surface area contributed by atoms with Gasteiger partial charge in [0.1, 0.15) is 12.4 Å². The van der Waals surface area contributed by atoms with Gasteiger partial charge in [0.15, 0.2) is 6.61 Å². The van der Waals surface area contributed by atoms with Gasteiger partial charge in [0.05, 0.1) is 0 Å². The normalized spacial score (nSPS) is 12.7. The molecule has 3 N–H and O–H groups in total. The smallest absolute Gasteiger partial charge is 0.384 e. The summed E-state index contributed by atoms with van der Waals surface area (Å²) in [5.41, 5.74) is 5.46. The van der Waals surface area contributed by atoms with E-state index in [1.807, 2.05) is 13.8 Å². The lowest BCUT2D eigenvalue weighted by atomic mass is 10.1. The molecule has 8 heteroatoms. The molecule has 5 nitrogen and oxygen atoms in total. The van der Waals surface area contributed by atoms with Crippen LogP contribution in [0.3, 0.4) is 0 Å². The van der Waals surface area contributed by atoms with E-state index in [1.165, 1.54) is 0 Å². The number of amides is 1. The second kappa shape index (κ2) is 7.78. The quantitative estimate of drug-likeness (QED) is 0.416. The summed E-state index contributed by atoms with van der Waals surface area (Å²) in [4.78, 5) is 15.4. The highest BCUT2D eigenvalue weighted by Gasteiger charge is 2.27. The Kier molecular flexibility index (Phi) is 7.14. The highest BCUT2D eigenvalue weighted by molar-refractivity contribution is 5.80. The van der Waals surface area contributed by atoms with Gasteiger partial charge in [-0.15, -0.1) is 0 Å². The highest BCUT2D eigenvalue weighted by atomic mass is 19.4. The first-order valence-electron chi connectivity index (χ1n) is 5.48. The van der Waals surface area contributed by atoms with E-state index in [0.717, 1.165) is 6.42 Å². The van der Waals surface area contributed by atoms with Gasteiger partial charge in [-0.3, -0.25) is 4.79 Å². The average Bonchev–Trinajstić information content (AvgIpc) is 2.22. The number of rotatable bonds is 7. The van der Waals surface area contributed by atoms with Crippen LogP contribution in [0.25, 0.3) is 0 Å². The predicted octanol–water partition coefficient (Wildman–Crippen LogP) is 1.39.